The summed E-state index contributed by atoms with van der Waals surface area (Å²) in [7, 11) is 0. The number of nitrogens with zero attached hydrogens (tertiary/aromatic N) is 2. The van der Waals surface area contributed by atoms with Crippen LogP contribution in [0.4, 0.5) is 0 Å². The Morgan fingerprint density at radius 1 is 1.71 bits per heavy atom. The number of hydrogen-bond acceptors (Lipinski definition) is 2. The van der Waals surface area contributed by atoms with Gasteiger partial charge in [-0.15, -0.1) is 0 Å². The van der Waals surface area contributed by atoms with Crippen molar-refractivity contribution < 1.29 is 0 Å². The summed E-state index contributed by atoms with van der Waals surface area (Å²) in [6.07, 6.45) is 4.14. The Morgan fingerprint density at radius 3 is 2.79 bits per heavy atom. The minimum atomic E-state index is -0.279. The molecule has 4 nitrogen and oxygen atoms in total. The Balaban J connectivity index is 2.52. The number of nitrogens with one attached hydrogen (secondary N) is 1. The van der Waals surface area contributed by atoms with Crippen molar-refractivity contribution in [2.75, 3.05) is 0 Å². The molecule has 0 bridgehead atoms. The molecule has 5 heteroatoms. The van der Waals surface area contributed by atoms with Crippen molar-refractivity contribution in [2.45, 2.75) is 26.8 Å². The molecule has 0 aliphatic heterocycles. The van der Waals surface area contributed by atoms with Gasteiger partial charge in [-0.25, -0.2) is 0 Å². The highest BCUT2D eigenvalue weighted by molar-refractivity contribution is 6.30. The number of halogens is 1. The van der Waals surface area contributed by atoms with E-state index >= 15 is 0 Å². The third-order valence-corrected chi connectivity index (χ3v) is 2.49. The van der Waals surface area contributed by atoms with Gasteiger partial charge in [0.15, 0.2) is 0 Å². The van der Waals surface area contributed by atoms with Crippen molar-refractivity contribution in [2.24, 2.45) is 11.1 Å². The molecule has 3 N–H and O–H groups in total. The van der Waals surface area contributed by atoms with Crippen molar-refractivity contribution in [1.82, 2.24) is 9.78 Å². The van der Waals surface area contributed by atoms with Gasteiger partial charge in [0.25, 0.3) is 0 Å². The van der Waals surface area contributed by atoms with Crippen LogP contribution in [-0.4, -0.2) is 15.6 Å². The first-order valence-corrected chi connectivity index (χ1v) is 4.82. The van der Waals surface area contributed by atoms with E-state index in [-0.39, 0.29) is 11.3 Å². The average molecular weight is 215 g/mol. The van der Waals surface area contributed by atoms with Gasteiger partial charge in [-0.3, -0.25) is 10.1 Å². The van der Waals surface area contributed by atoms with E-state index in [1.54, 1.807) is 17.1 Å². The normalized spacial score (nSPS) is 11.6. The van der Waals surface area contributed by atoms with E-state index in [2.05, 4.69) is 5.10 Å². The molecule has 1 aromatic heterocycles. The van der Waals surface area contributed by atoms with Crippen LogP contribution in [0.25, 0.3) is 0 Å². The lowest BCUT2D eigenvalue weighted by molar-refractivity contribution is 0.411. The molecule has 0 saturated carbocycles. The summed E-state index contributed by atoms with van der Waals surface area (Å²) in [6, 6.07) is 0. The van der Waals surface area contributed by atoms with Crippen LogP contribution in [-0.2, 0) is 6.54 Å². The Bertz CT molecular complexity index is 329. The van der Waals surface area contributed by atoms with Crippen molar-refractivity contribution >= 4 is 17.4 Å². The Kier molecular flexibility index (Phi) is 3.16. The molecule has 0 aliphatic carbocycles. The van der Waals surface area contributed by atoms with Gasteiger partial charge in [-0.2, -0.15) is 5.10 Å². The van der Waals surface area contributed by atoms with Crippen LogP contribution >= 0.6 is 11.6 Å². The van der Waals surface area contributed by atoms with Crippen molar-refractivity contribution in [3.8, 4) is 0 Å². The molecular formula is C9H15ClN4. The van der Waals surface area contributed by atoms with Crippen LogP contribution in [0.15, 0.2) is 12.4 Å². The largest absolute Gasteiger partial charge is 0.387 e. The fourth-order valence-corrected chi connectivity index (χ4v) is 1.15. The first-order chi connectivity index (χ1) is 6.42. The van der Waals surface area contributed by atoms with E-state index in [1.165, 1.54) is 0 Å². The van der Waals surface area contributed by atoms with E-state index < -0.39 is 0 Å². The van der Waals surface area contributed by atoms with Crippen molar-refractivity contribution in [3.63, 3.8) is 0 Å². The fraction of sp³-hybridized carbons (Fsp3) is 0.556. The summed E-state index contributed by atoms with van der Waals surface area (Å²) in [6.45, 7) is 4.61. The van der Waals surface area contributed by atoms with Crippen molar-refractivity contribution in [1.29, 1.82) is 5.41 Å². The van der Waals surface area contributed by atoms with Crippen molar-refractivity contribution in [3.05, 3.63) is 17.4 Å². The van der Waals surface area contributed by atoms with Crippen LogP contribution in [0.5, 0.6) is 0 Å². The molecule has 0 aromatic carbocycles. The van der Waals surface area contributed by atoms with Crippen LogP contribution < -0.4 is 5.73 Å². The predicted molar refractivity (Wildman–Crippen MR) is 57.5 cm³/mol. The molecule has 0 unspecified atom stereocenters. The van der Waals surface area contributed by atoms with E-state index in [0.29, 0.717) is 5.02 Å². The molecule has 0 saturated heterocycles. The Morgan fingerprint density at radius 2 is 2.36 bits per heavy atom. The van der Waals surface area contributed by atoms with Crippen LogP contribution in [0.2, 0.25) is 5.02 Å². The number of hydrogen-bond donors (Lipinski definition) is 2. The van der Waals surface area contributed by atoms with Gasteiger partial charge < -0.3 is 5.73 Å². The smallest absolute Gasteiger partial charge is 0.0963 e. The second kappa shape index (κ2) is 4.00. The SMILES string of the molecule is CC(C)(CCn1cc(Cl)cn1)C(=N)N. The summed E-state index contributed by atoms with van der Waals surface area (Å²) in [4.78, 5) is 0. The zero-order chi connectivity index (χ0) is 10.8. The average Bonchev–Trinajstić information content (AvgIpc) is 2.48. The molecule has 14 heavy (non-hydrogen) atoms. The van der Waals surface area contributed by atoms with Gasteiger partial charge in [0.2, 0.25) is 0 Å². The van der Waals surface area contributed by atoms with Crippen LogP contribution in [0, 0.1) is 10.8 Å². The topological polar surface area (TPSA) is 67.7 Å². The number of aromatic nitrogens is 2. The summed E-state index contributed by atoms with van der Waals surface area (Å²) in [5, 5.41) is 12.1. The first-order valence-electron chi connectivity index (χ1n) is 4.44. The van der Waals surface area contributed by atoms with Crippen LogP contribution in [0.3, 0.4) is 0 Å². The zero-order valence-electron chi connectivity index (χ0n) is 8.42. The standard InChI is InChI=1S/C9H15ClN4/c1-9(2,8(11)12)3-4-14-6-7(10)5-13-14/h5-6H,3-4H2,1-2H3,(H3,11,12). The predicted octanol–water partition coefficient (Wildman–Crippen LogP) is 1.89. The molecule has 0 aliphatic rings. The number of nitrogens with two attached hydrogens (primary N) is 1. The molecule has 0 atom stereocenters. The lowest BCUT2D eigenvalue weighted by Crippen LogP contribution is -2.31. The molecule has 0 fully saturated rings. The molecule has 0 amide bonds. The first kappa shape index (κ1) is 11.0. The van der Waals surface area contributed by atoms with Crippen LogP contribution in [0.1, 0.15) is 20.3 Å². The summed E-state index contributed by atoms with van der Waals surface area (Å²) in [5.41, 5.74) is 5.19. The second-order valence-corrected chi connectivity index (χ2v) is 4.41. The summed E-state index contributed by atoms with van der Waals surface area (Å²) < 4.78 is 1.76. The third kappa shape index (κ3) is 2.73. The van der Waals surface area contributed by atoms with Gasteiger partial charge in [0, 0.05) is 18.2 Å². The maximum Gasteiger partial charge on any atom is 0.0963 e. The van der Waals surface area contributed by atoms with Gasteiger partial charge in [-0.05, 0) is 6.42 Å². The molecule has 1 heterocycles. The summed E-state index contributed by atoms with van der Waals surface area (Å²) in [5.74, 6) is 0.204. The van der Waals surface area contributed by atoms with E-state index in [0.717, 1.165) is 13.0 Å². The summed E-state index contributed by atoms with van der Waals surface area (Å²) >= 11 is 5.72. The van der Waals surface area contributed by atoms with Gasteiger partial charge in [0.05, 0.1) is 17.1 Å². The molecular weight excluding hydrogens is 200 g/mol. The molecule has 0 radical (unpaired) electrons. The number of amidine groups is 1. The third-order valence-electron chi connectivity index (χ3n) is 2.30. The minimum Gasteiger partial charge on any atom is -0.387 e. The quantitative estimate of drug-likeness (QED) is 0.594. The maximum absolute atomic E-state index is 7.39. The highest BCUT2D eigenvalue weighted by atomic mass is 35.5. The van der Waals surface area contributed by atoms with E-state index in [4.69, 9.17) is 22.7 Å². The molecule has 0 spiro atoms. The Hall–Kier alpha value is -1.03. The lowest BCUT2D eigenvalue weighted by Gasteiger charge is -2.22. The maximum atomic E-state index is 7.39. The Labute approximate surface area is 88.6 Å². The lowest BCUT2D eigenvalue weighted by atomic mass is 9.88. The zero-order valence-corrected chi connectivity index (χ0v) is 9.17. The number of rotatable bonds is 4. The second-order valence-electron chi connectivity index (χ2n) is 3.97. The van der Waals surface area contributed by atoms with E-state index in [1.807, 2.05) is 13.8 Å². The highest BCUT2D eigenvalue weighted by Gasteiger charge is 2.21. The minimum absolute atomic E-state index is 0.204. The molecule has 1 rings (SSSR count). The van der Waals surface area contributed by atoms with Gasteiger partial charge in [0.1, 0.15) is 0 Å². The number of aryl methyl sites for hydroxylation is 1. The monoisotopic (exact) mass is 214 g/mol. The molecule has 1 aromatic rings. The molecule has 78 valence electrons. The fourth-order valence-electron chi connectivity index (χ4n) is 0.989. The van der Waals surface area contributed by atoms with Gasteiger partial charge in [-0.1, -0.05) is 25.4 Å². The highest BCUT2D eigenvalue weighted by Crippen LogP contribution is 2.20. The van der Waals surface area contributed by atoms with E-state index in [9.17, 15) is 0 Å². The van der Waals surface area contributed by atoms with Gasteiger partial charge >= 0.3 is 0 Å².